The summed E-state index contributed by atoms with van der Waals surface area (Å²) in [5, 5.41) is 4.64. The summed E-state index contributed by atoms with van der Waals surface area (Å²) in [4.78, 5) is 11.6. The quantitative estimate of drug-likeness (QED) is 0.668. The number of aromatic nitrogens is 3. The fraction of sp³-hybridized carbons (Fsp3) is 0.312. The van der Waals surface area contributed by atoms with E-state index in [1.54, 1.807) is 0 Å². The van der Waals surface area contributed by atoms with Crippen LogP contribution in [0.5, 0.6) is 0 Å². The molecule has 3 aromatic rings. The van der Waals surface area contributed by atoms with Gasteiger partial charge in [0.15, 0.2) is 0 Å². The Morgan fingerprint density at radius 3 is 2.95 bits per heavy atom. The Kier molecular flexibility index (Phi) is 2.63. The van der Waals surface area contributed by atoms with Crippen molar-refractivity contribution in [1.82, 2.24) is 20.3 Å². The lowest BCUT2D eigenvalue weighted by Crippen LogP contribution is -2.08. The van der Waals surface area contributed by atoms with Gasteiger partial charge in [-0.15, -0.1) is 0 Å². The molecule has 20 heavy (non-hydrogen) atoms. The molecular formula is C16H18N4. The molecule has 1 atom stereocenters. The third kappa shape index (κ3) is 1.76. The van der Waals surface area contributed by atoms with Crippen molar-refractivity contribution in [3.8, 4) is 11.3 Å². The smallest absolute Gasteiger partial charge is 0.110 e. The first kappa shape index (κ1) is 11.7. The Balaban J connectivity index is 1.81. The van der Waals surface area contributed by atoms with Crippen LogP contribution in [0.1, 0.15) is 23.9 Å². The predicted molar refractivity (Wildman–Crippen MR) is 80.8 cm³/mol. The van der Waals surface area contributed by atoms with E-state index in [4.69, 9.17) is 0 Å². The summed E-state index contributed by atoms with van der Waals surface area (Å²) in [7, 11) is 0. The van der Waals surface area contributed by atoms with Crippen molar-refractivity contribution < 1.29 is 0 Å². The fourth-order valence-corrected chi connectivity index (χ4v) is 3.18. The average molecular weight is 266 g/mol. The number of hydrogen-bond acceptors (Lipinski definition) is 2. The lowest BCUT2D eigenvalue weighted by atomic mass is 10.1. The van der Waals surface area contributed by atoms with Gasteiger partial charge in [0.05, 0.1) is 11.9 Å². The van der Waals surface area contributed by atoms with E-state index in [9.17, 15) is 0 Å². The zero-order valence-corrected chi connectivity index (χ0v) is 11.5. The van der Waals surface area contributed by atoms with Crippen LogP contribution >= 0.6 is 0 Å². The van der Waals surface area contributed by atoms with Gasteiger partial charge < -0.3 is 15.3 Å². The maximum Gasteiger partial charge on any atom is 0.110 e. The number of nitrogens with one attached hydrogen (secondary N) is 3. The van der Waals surface area contributed by atoms with Crippen LogP contribution in [-0.2, 0) is 0 Å². The van der Waals surface area contributed by atoms with E-state index in [0.717, 1.165) is 24.6 Å². The number of rotatable bonds is 2. The molecule has 102 valence electrons. The molecule has 0 amide bonds. The number of imidazole rings is 1. The molecule has 1 aromatic carbocycles. The molecule has 4 nitrogen and oxygen atoms in total. The van der Waals surface area contributed by atoms with E-state index in [2.05, 4.69) is 51.5 Å². The number of fused-ring (bicyclic) bond motifs is 1. The van der Waals surface area contributed by atoms with Crippen LogP contribution in [-0.4, -0.2) is 28.0 Å². The highest BCUT2D eigenvalue weighted by atomic mass is 15.0. The molecule has 4 rings (SSSR count). The fourth-order valence-electron chi connectivity index (χ4n) is 3.18. The minimum Gasteiger partial charge on any atom is -0.358 e. The molecule has 3 heterocycles. The van der Waals surface area contributed by atoms with Crippen molar-refractivity contribution in [2.75, 3.05) is 13.1 Å². The van der Waals surface area contributed by atoms with Gasteiger partial charge in [0.1, 0.15) is 5.82 Å². The van der Waals surface area contributed by atoms with Crippen LogP contribution < -0.4 is 5.32 Å². The summed E-state index contributed by atoms with van der Waals surface area (Å²) < 4.78 is 0. The number of para-hydroxylation sites is 1. The topological polar surface area (TPSA) is 56.5 Å². The highest BCUT2D eigenvalue weighted by Crippen LogP contribution is 2.32. The van der Waals surface area contributed by atoms with Gasteiger partial charge in [-0.2, -0.15) is 0 Å². The summed E-state index contributed by atoms with van der Waals surface area (Å²) in [5.41, 5.74) is 4.72. The first-order valence-electron chi connectivity index (χ1n) is 7.16. The first-order chi connectivity index (χ1) is 9.83. The van der Waals surface area contributed by atoms with Crippen molar-refractivity contribution in [3.63, 3.8) is 0 Å². The van der Waals surface area contributed by atoms with Crippen molar-refractivity contribution in [1.29, 1.82) is 0 Å². The van der Waals surface area contributed by atoms with E-state index < -0.39 is 0 Å². The third-order valence-corrected chi connectivity index (χ3v) is 4.21. The van der Waals surface area contributed by atoms with Crippen LogP contribution in [0.4, 0.5) is 0 Å². The molecule has 1 aliphatic rings. The first-order valence-corrected chi connectivity index (χ1v) is 7.16. The van der Waals surface area contributed by atoms with Crippen molar-refractivity contribution in [2.24, 2.45) is 0 Å². The Morgan fingerprint density at radius 2 is 2.10 bits per heavy atom. The highest BCUT2D eigenvalue weighted by molar-refractivity contribution is 5.96. The molecule has 1 saturated heterocycles. The minimum absolute atomic E-state index is 0.522. The molecule has 2 aromatic heterocycles. The maximum absolute atomic E-state index is 4.59. The second-order valence-electron chi connectivity index (χ2n) is 5.54. The van der Waals surface area contributed by atoms with Crippen molar-refractivity contribution >= 4 is 10.9 Å². The Bertz CT molecular complexity index is 747. The van der Waals surface area contributed by atoms with Gasteiger partial charge in [0.2, 0.25) is 0 Å². The number of benzene rings is 1. The lowest BCUT2D eigenvalue weighted by Gasteiger charge is -2.03. The lowest BCUT2D eigenvalue weighted by molar-refractivity contribution is 0.715. The van der Waals surface area contributed by atoms with Gasteiger partial charge >= 0.3 is 0 Å². The zero-order chi connectivity index (χ0) is 13.5. The van der Waals surface area contributed by atoms with Gasteiger partial charge in [-0.25, -0.2) is 4.98 Å². The molecule has 3 N–H and O–H groups in total. The van der Waals surface area contributed by atoms with Crippen LogP contribution in [0, 0.1) is 6.92 Å². The molecule has 1 fully saturated rings. The largest absolute Gasteiger partial charge is 0.358 e. The number of aryl methyl sites for hydroxylation is 1. The monoisotopic (exact) mass is 266 g/mol. The van der Waals surface area contributed by atoms with Crippen LogP contribution in [0.2, 0.25) is 0 Å². The molecule has 1 unspecified atom stereocenters. The van der Waals surface area contributed by atoms with Gasteiger partial charge in [0, 0.05) is 34.6 Å². The normalized spacial score (nSPS) is 18.9. The molecule has 0 spiro atoms. The SMILES string of the molecule is Cc1[nH]c2ccccc2c1-c1cnc(C2CCNC2)[nH]1. The van der Waals surface area contributed by atoms with Crippen molar-refractivity contribution in [3.05, 3.63) is 42.0 Å². The summed E-state index contributed by atoms with van der Waals surface area (Å²) in [6.45, 7) is 4.24. The van der Waals surface area contributed by atoms with Gasteiger partial charge in [-0.3, -0.25) is 0 Å². The van der Waals surface area contributed by atoms with E-state index in [0.29, 0.717) is 5.92 Å². The molecule has 0 radical (unpaired) electrons. The summed E-state index contributed by atoms with van der Waals surface area (Å²) >= 11 is 0. The van der Waals surface area contributed by atoms with Gasteiger partial charge in [-0.05, 0) is 26.0 Å². The Morgan fingerprint density at radius 1 is 1.20 bits per heavy atom. The van der Waals surface area contributed by atoms with E-state index in [1.165, 1.54) is 28.6 Å². The van der Waals surface area contributed by atoms with Crippen LogP contribution in [0.25, 0.3) is 22.2 Å². The number of nitrogens with zero attached hydrogens (tertiary/aromatic N) is 1. The van der Waals surface area contributed by atoms with E-state index in [1.807, 2.05) is 6.20 Å². The van der Waals surface area contributed by atoms with Crippen LogP contribution in [0.3, 0.4) is 0 Å². The standard InChI is InChI=1S/C16H18N4/c1-10-15(12-4-2-3-5-13(12)19-10)14-9-18-16(20-14)11-6-7-17-8-11/h2-5,9,11,17,19H,6-8H2,1H3,(H,18,20). The molecule has 1 aliphatic heterocycles. The van der Waals surface area contributed by atoms with E-state index in [-0.39, 0.29) is 0 Å². The zero-order valence-electron chi connectivity index (χ0n) is 11.5. The number of hydrogen-bond donors (Lipinski definition) is 3. The van der Waals surface area contributed by atoms with Crippen molar-refractivity contribution in [2.45, 2.75) is 19.3 Å². The van der Waals surface area contributed by atoms with Gasteiger partial charge in [0.25, 0.3) is 0 Å². The molecular weight excluding hydrogens is 248 g/mol. The molecule has 0 saturated carbocycles. The predicted octanol–water partition coefficient (Wildman–Crippen LogP) is 2.94. The number of H-pyrrole nitrogens is 2. The number of aromatic amines is 2. The summed E-state index contributed by atoms with van der Waals surface area (Å²) in [5.74, 6) is 1.63. The Hall–Kier alpha value is -2.07. The third-order valence-electron chi connectivity index (χ3n) is 4.21. The Labute approximate surface area is 117 Å². The second kappa shape index (κ2) is 4.49. The second-order valence-corrected chi connectivity index (χ2v) is 5.54. The highest BCUT2D eigenvalue weighted by Gasteiger charge is 2.20. The van der Waals surface area contributed by atoms with Crippen LogP contribution in [0.15, 0.2) is 30.5 Å². The summed E-state index contributed by atoms with van der Waals surface area (Å²) in [6, 6.07) is 8.41. The molecule has 4 heteroatoms. The minimum atomic E-state index is 0.522. The molecule has 0 bridgehead atoms. The average Bonchev–Trinajstić information content (AvgIpc) is 3.16. The van der Waals surface area contributed by atoms with E-state index >= 15 is 0 Å². The summed E-state index contributed by atoms with van der Waals surface area (Å²) in [6.07, 6.45) is 3.14. The maximum atomic E-state index is 4.59. The molecule has 0 aliphatic carbocycles. The van der Waals surface area contributed by atoms with Gasteiger partial charge in [-0.1, -0.05) is 18.2 Å².